The first-order chi connectivity index (χ1) is 12.1. The summed E-state index contributed by atoms with van der Waals surface area (Å²) < 4.78 is 11.0. The molecule has 7 heteroatoms. The smallest absolute Gasteiger partial charge is 0.337 e. The lowest BCUT2D eigenvalue weighted by molar-refractivity contribution is -0.123. The summed E-state index contributed by atoms with van der Waals surface area (Å²) in [5, 5.41) is 12.0. The Balaban J connectivity index is 1.43. The molecule has 1 saturated carbocycles. The van der Waals surface area contributed by atoms with Crippen LogP contribution >= 0.6 is 0 Å². The van der Waals surface area contributed by atoms with Gasteiger partial charge in [0.1, 0.15) is 0 Å². The van der Waals surface area contributed by atoms with Crippen LogP contribution in [0.5, 0.6) is 0 Å². The number of hydrogen-bond donors (Lipinski definition) is 2. The number of hydrogen-bond acceptors (Lipinski definition) is 5. The normalized spacial score (nSPS) is 18.1. The number of nitrogens with one attached hydrogen (secondary N) is 1. The van der Waals surface area contributed by atoms with E-state index in [1.807, 2.05) is 0 Å². The summed E-state index contributed by atoms with van der Waals surface area (Å²) in [5.41, 5.74) is 1.59. The van der Waals surface area contributed by atoms with Gasteiger partial charge >= 0.3 is 5.97 Å². The molecular formula is C18H24N2O5. The molecule has 1 aromatic rings. The van der Waals surface area contributed by atoms with Crippen molar-refractivity contribution in [2.75, 3.05) is 19.8 Å². The Kier molecular flexibility index (Phi) is 5.99. The van der Waals surface area contributed by atoms with Gasteiger partial charge in [0.15, 0.2) is 0 Å². The molecular weight excluding hydrogens is 324 g/mol. The first kappa shape index (κ1) is 17.8. The maximum atomic E-state index is 11.9. The lowest BCUT2D eigenvalue weighted by Gasteiger charge is -2.22. The van der Waals surface area contributed by atoms with Gasteiger partial charge in [-0.1, -0.05) is 0 Å². The predicted octanol–water partition coefficient (Wildman–Crippen LogP) is 1.86. The molecule has 2 N–H and O–H groups in total. The van der Waals surface area contributed by atoms with Crippen molar-refractivity contribution in [3.05, 3.63) is 29.1 Å². The second-order valence-corrected chi connectivity index (χ2v) is 6.52. The Labute approximate surface area is 146 Å². The SMILES string of the molecule is O=C(CCOC1CCOCC1)NCc1ccc(C(=O)O)c(C2CC2)n1. The average molecular weight is 348 g/mol. The monoisotopic (exact) mass is 348 g/mol. The van der Waals surface area contributed by atoms with Crippen LogP contribution in [0.25, 0.3) is 0 Å². The third kappa shape index (κ3) is 5.24. The molecule has 1 aliphatic heterocycles. The van der Waals surface area contributed by atoms with Crippen molar-refractivity contribution in [3.63, 3.8) is 0 Å². The van der Waals surface area contributed by atoms with Gasteiger partial charge in [0, 0.05) is 25.6 Å². The van der Waals surface area contributed by atoms with Gasteiger partial charge in [0.2, 0.25) is 5.91 Å². The predicted molar refractivity (Wildman–Crippen MR) is 89.4 cm³/mol. The number of nitrogens with zero attached hydrogens (tertiary/aromatic N) is 1. The number of rotatable bonds is 8. The third-order valence-electron chi connectivity index (χ3n) is 4.49. The zero-order valence-electron chi connectivity index (χ0n) is 14.2. The highest BCUT2D eigenvalue weighted by Gasteiger charge is 2.29. The molecule has 0 atom stereocenters. The lowest BCUT2D eigenvalue weighted by atomic mass is 10.1. The summed E-state index contributed by atoms with van der Waals surface area (Å²) in [5.74, 6) is -0.797. The van der Waals surface area contributed by atoms with Crippen molar-refractivity contribution in [2.45, 2.75) is 50.7 Å². The van der Waals surface area contributed by atoms with Crippen LogP contribution < -0.4 is 5.32 Å². The quantitative estimate of drug-likeness (QED) is 0.744. The minimum Gasteiger partial charge on any atom is -0.478 e. The summed E-state index contributed by atoms with van der Waals surface area (Å²) in [6.45, 7) is 2.14. The van der Waals surface area contributed by atoms with Crippen molar-refractivity contribution in [1.29, 1.82) is 0 Å². The van der Waals surface area contributed by atoms with Gasteiger partial charge in [-0.15, -0.1) is 0 Å². The standard InChI is InChI=1S/C18H24N2O5/c21-16(7-10-25-14-5-8-24-9-6-14)19-11-13-3-4-15(18(22)23)17(20-13)12-1-2-12/h3-4,12,14H,1-2,5-11H2,(H,19,21)(H,22,23). The molecule has 2 heterocycles. The molecule has 2 aliphatic rings. The zero-order chi connectivity index (χ0) is 17.6. The van der Waals surface area contributed by atoms with E-state index < -0.39 is 5.97 Å². The number of pyridine rings is 1. The van der Waals surface area contributed by atoms with Gasteiger partial charge in [-0.05, 0) is 37.8 Å². The average Bonchev–Trinajstić information content (AvgIpc) is 3.45. The Hall–Kier alpha value is -1.99. The number of aromatic nitrogens is 1. The molecule has 25 heavy (non-hydrogen) atoms. The summed E-state index contributed by atoms with van der Waals surface area (Å²) >= 11 is 0. The lowest BCUT2D eigenvalue weighted by Crippen LogP contribution is -2.27. The molecule has 1 aliphatic carbocycles. The van der Waals surface area contributed by atoms with E-state index in [4.69, 9.17) is 9.47 Å². The summed E-state index contributed by atoms with van der Waals surface area (Å²) in [6.07, 6.45) is 4.21. The Morgan fingerprint density at radius 1 is 1.24 bits per heavy atom. The third-order valence-corrected chi connectivity index (χ3v) is 4.49. The van der Waals surface area contributed by atoms with Gasteiger partial charge < -0.3 is 19.9 Å². The van der Waals surface area contributed by atoms with Gasteiger partial charge in [-0.2, -0.15) is 0 Å². The number of carbonyl (C=O) groups excluding carboxylic acids is 1. The van der Waals surface area contributed by atoms with Crippen molar-refractivity contribution in [1.82, 2.24) is 10.3 Å². The second-order valence-electron chi connectivity index (χ2n) is 6.52. The maximum Gasteiger partial charge on any atom is 0.337 e. The van der Waals surface area contributed by atoms with E-state index in [9.17, 15) is 14.7 Å². The van der Waals surface area contributed by atoms with Gasteiger partial charge in [0.25, 0.3) is 0 Å². The molecule has 1 amide bonds. The van der Waals surface area contributed by atoms with E-state index in [1.165, 1.54) is 0 Å². The highest BCUT2D eigenvalue weighted by molar-refractivity contribution is 5.89. The molecule has 0 aromatic carbocycles. The molecule has 7 nitrogen and oxygen atoms in total. The van der Waals surface area contributed by atoms with Crippen LogP contribution in [0.15, 0.2) is 12.1 Å². The van der Waals surface area contributed by atoms with E-state index in [0.29, 0.717) is 31.0 Å². The highest BCUT2D eigenvalue weighted by atomic mass is 16.5. The van der Waals surface area contributed by atoms with E-state index in [2.05, 4.69) is 10.3 Å². The van der Waals surface area contributed by atoms with Crippen molar-refractivity contribution >= 4 is 11.9 Å². The van der Waals surface area contributed by atoms with Crippen LogP contribution in [0.4, 0.5) is 0 Å². The molecule has 0 spiro atoms. The Morgan fingerprint density at radius 2 is 2.00 bits per heavy atom. The highest BCUT2D eigenvalue weighted by Crippen LogP contribution is 2.40. The van der Waals surface area contributed by atoms with Crippen molar-refractivity contribution in [2.24, 2.45) is 0 Å². The zero-order valence-corrected chi connectivity index (χ0v) is 14.2. The van der Waals surface area contributed by atoms with Crippen molar-refractivity contribution in [3.8, 4) is 0 Å². The van der Waals surface area contributed by atoms with E-state index >= 15 is 0 Å². The van der Waals surface area contributed by atoms with Crippen LogP contribution in [0.1, 0.15) is 59.8 Å². The minimum absolute atomic E-state index is 0.0934. The molecule has 1 aromatic heterocycles. The topological polar surface area (TPSA) is 97.8 Å². The van der Waals surface area contributed by atoms with Crippen LogP contribution in [0, 0.1) is 0 Å². The van der Waals surface area contributed by atoms with Crippen LogP contribution in [0.2, 0.25) is 0 Å². The second kappa shape index (κ2) is 8.40. The first-order valence-corrected chi connectivity index (χ1v) is 8.82. The Morgan fingerprint density at radius 3 is 2.68 bits per heavy atom. The largest absolute Gasteiger partial charge is 0.478 e. The number of carboxylic acid groups (broad SMARTS) is 1. The molecule has 0 bridgehead atoms. The number of ether oxygens (including phenoxy) is 2. The summed E-state index contributed by atoms with van der Waals surface area (Å²) in [6, 6.07) is 3.24. The first-order valence-electron chi connectivity index (χ1n) is 8.82. The van der Waals surface area contributed by atoms with Gasteiger partial charge in [-0.25, -0.2) is 4.79 Å². The van der Waals surface area contributed by atoms with Crippen LogP contribution in [-0.2, 0) is 20.8 Å². The fraction of sp³-hybridized carbons (Fsp3) is 0.611. The fourth-order valence-corrected chi connectivity index (χ4v) is 2.90. The fourth-order valence-electron chi connectivity index (χ4n) is 2.90. The molecule has 3 rings (SSSR count). The number of aromatic carboxylic acids is 1. The van der Waals surface area contributed by atoms with E-state index in [-0.39, 0.29) is 23.5 Å². The molecule has 1 saturated heterocycles. The van der Waals surface area contributed by atoms with E-state index in [1.54, 1.807) is 12.1 Å². The maximum absolute atomic E-state index is 11.9. The number of carboxylic acids is 1. The molecule has 0 radical (unpaired) electrons. The van der Waals surface area contributed by atoms with Gasteiger partial charge in [-0.3, -0.25) is 9.78 Å². The summed E-state index contributed by atoms with van der Waals surface area (Å²) in [4.78, 5) is 27.6. The van der Waals surface area contributed by atoms with Crippen LogP contribution in [-0.4, -0.2) is 47.9 Å². The number of carbonyl (C=O) groups is 2. The molecule has 136 valence electrons. The van der Waals surface area contributed by atoms with Crippen molar-refractivity contribution < 1.29 is 24.2 Å². The number of amides is 1. The van der Waals surface area contributed by atoms with E-state index in [0.717, 1.165) is 38.9 Å². The van der Waals surface area contributed by atoms with Gasteiger partial charge in [0.05, 0.1) is 36.2 Å². The minimum atomic E-state index is -0.949. The molecule has 2 fully saturated rings. The summed E-state index contributed by atoms with van der Waals surface area (Å²) in [7, 11) is 0. The molecule has 0 unspecified atom stereocenters. The van der Waals surface area contributed by atoms with Crippen LogP contribution in [0.3, 0.4) is 0 Å². The Bertz CT molecular complexity index is 624.